The van der Waals surface area contributed by atoms with E-state index in [1.54, 1.807) is 0 Å². The molecule has 1 atom stereocenters. The Balaban J connectivity index is 1.92. The van der Waals surface area contributed by atoms with E-state index in [0.29, 0.717) is 26.3 Å². The fraction of sp³-hybridized carbons (Fsp3) is 0.500. The number of benzene rings is 1. The first-order valence-electron chi connectivity index (χ1n) is 5.86. The first-order valence-corrected chi connectivity index (χ1v) is 5.86. The van der Waals surface area contributed by atoms with Crippen molar-refractivity contribution >= 4 is 0 Å². The Hall–Kier alpha value is -1.08. The van der Waals surface area contributed by atoms with E-state index < -0.39 is 17.7 Å². The van der Waals surface area contributed by atoms with Crippen molar-refractivity contribution in [1.82, 2.24) is 10.4 Å². The molecule has 1 aliphatic heterocycles. The summed E-state index contributed by atoms with van der Waals surface area (Å²) in [4.78, 5) is 0. The quantitative estimate of drug-likeness (QED) is 0.840. The maximum absolute atomic E-state index is 13.4. The van der Waals surface area contributed by atoms with Crippen LogP contribution in [0.15, 0.2) is 18.2 Å². The lowest BCUT2D eigenvalue weighted by Gasteiger charge is -2.28. The molecule has 1 heterocycles. The van der Waals surface area contributed by atoms with Gasteiger partial charge in [-0.2, -0.15) is 0 Å². The number of rotatable bonds is 4. The van der Waals surface area contributed by atoms with Crippen LogP contribution >= 0.6 is 0 Å². The smallest absolute Gasteiger partial charge is 0.131 e. The van der Waals surface area contributed by atoms with Gasteiger partial charge in [0, 0.05) is 19.6 Å². The van der Waals surface area contributed by atoms with Gasteiger partial charge in [0.05, 0.1) is 24.9 Å². The van der Waals surface area contributed by atoms with Crippen molar-refractivity contribution in [2.24, 2.45) is 0 Å². The second-order valence-electron chi connectivity index (χ2n) is 4.11. The van der Waals surface area contributed by atoms with E-state index in [-0.39, 0.29) is 12.1 Å². The Morgan fingerprint density at radius 1 is 1.28 bits per heavy atom. The summed E-state index contributed by atoms with van der Waals surface area (Å²) in [7, 11) is 0. The van der Waals surface area contributed by atoms with Crippen LogP contribution in [0.3, 0.4) is 0 Å². The highest BCUT2D eigenvalue weighted by Gasteiger charge is 2.19. The lowest BCUT2D eigenvalue weighted by atomic mass is 10.1. The molecular weight excluding hydrogens is 242 g/mol. The Bertz CT molecular complexity index is 377. The third-order valence-corrected chi connectivity index (χ3v) is 2.85. The molecule has 1 fully saturated rings. The molecule has 0 bridgehead atoms. The highest BCUT2D eigenvalue weighted by Crippen LogP contribution is 2.19. The molecule has 1 saturated heterocycles. The summed E-state index contributed by atoms with van der Waals surface area (Å²) in [6.07, 6.45) is -1.21. The van der Waals surface area contributed by atoms with E-state index >= 15 is 0 Å². The third kappa shape index (κ3) is 3.23. The molecule has 6 heteroatoms. The van der Waals surface area contributed by atoms with Gasteiger partial charge in [-0.05, 0) is 12.1 Å². The highest BCUT2D eigenvalue weighted by molar-refractivity contribution is 5.22. The second-order valence-corrected chi connectivity index (χ2v) is 4.11. The Kier molecular flexibility index (Phi) is 4.60. The van der Waals surface area contributed by atoms with Gasteiger partial charge in [-0.3, -0.25) is 5.43 Å². The van der Waals surface area contributed by atoms with E-state index in [0.717, 1.165) is 12.1 Å². The van der Waals surface area contributed by atoms with Crippen LogP contribution in [0.2, 0.25) is 0 Å². The summed E-state index contributed by atoms with van der Waals surface area (Å²) < 4.78 is 32.0. The zero-order valence-corrected chi connectivity index (χ0v) is 9.90. The van der Waals surface area contributed by atoms with Crippen molar-refractivity contribution in [3.05, 3.63) is 35.4 Å². The van der Waals surface area contributed by atoms with Crippen molar-refractivity contribution < 1.29 is 18.6 Å². The number of morpholine rings is 1. The summed E-state index contributed by atoms with van der Waals surface area (Å²) in [5.74, 6) is -1.46. The maximum atomic E-state index is 13.4. The zero-order valence-electron chi connectivity index (χ0n) is 9.90. The average molecular weight is 258 g/mol. The Morgan fingerprint density at radius 3 is 2.50 bits per heavy atom. The van der Waals surface area contributed by atoms with E-state index in [4.69, 9.17) is 4.74 Å². The molecule has 18 heavy (non-hydrogen) atoms. The van der Waals surface area contributed by atoms with Crippen molar-refractivity contribution in [3.8, 4) is 0 Å². The number of hydrogen-bond donors (Lipinski definition) is 2. The predicted molar refractivity (Wildman–Crippen MR) is 61.7 cm³/mol. The maximum Gasteiger partial charge on any atom is 0.131 e. The molecule has 0 radical (unpaired) electrons. The van der Waals surface area contributed by atoms with Crippen LogP contribution < -0.4 is 5.43 Å². The molecule has 1 aromatic rings. The molecule has 0 saturated carbocycles. The first-order chi connectivity index (χ1) is 8.68. The molecule has 4 nitrogen and oxygen atoms in total. The van der Waals surface area contributed by atoms with Gasteiger partial charge in [0.25, 0.3) is 0 Å². The van der Waals surface area contributed by atoms with Gasteiger partial charge >= 0.3 is 0 Å². The Morgan fingerprint density at radius 2 is 1.89 bits per heavy atom. The van der Waals surface area contributed by atoms with Crippen molar-refractivity contribution in [2.45, 2.75) is 6.10 Å². The fourth-order valence-electron chi connectivity index (χ4n) is 1.87. The number of halogens is 2. The molecule has 0 amide bonds. The minimum absolute atomic E-state index is 0.0673. The van der Waals surface area contributed by atoms with E-state index in [1.165, 1.54) is 6.07 Å². The standard InChI is InChI=1S/C12H16F2N2O2/c13-9-2-1-3-10(14)12(9)11(17)8-15-16-4-6-18-7-5-16/h1-3,11,15,17H,4-8H2. The summed E-state index contributed by atoms with van der Waals surface area (Å²) >= 11 is 0. The lowest BCUT2D eigenvalue weighted by Crippen LogP contribution is -2.47. The molecule has 100 valence electrons. The van der Waals surface area contributed by atoms with Gasteiger partial charge in [-0.1, -0.05) is 6.07 Å². The molecule has 0 spiro atoms. The predicted octanol–water partition coefficient (Wildman–Crippen LogP) is 0.835. The molecule has 2 N–H and O–H groups in total. The molecule has 1 unspecified atom stereocenters. The number of aliphatic hydroxyl groups is 1. The largest absolute Gasteiger partial charge is 0.387 e. The van der Waals surface area contributed by atoms with Gasteiger partial charge in [-0.25, -0.2) is 13.8 Å². The summed E-state index contributed by atoms with van der Waals surface area (Å²) in [5.41, 5.74) is 2.65. The van der Waals surface area contributed by atoms with Crippen molar-refractivity contribution in [1.29, 1.82) is 0 Å². The van der Waals surface area contributed by atoms with Crippen molar-refractivity contribution in [2.75, 3.05) is 32.8 Å². The molecule has 1 aromatic carbocycles. The van der Waals surface area contributed by atoms with Gasteiger partial charge < -0.3 is 9.84 Å². The van der Waals surface area contributed by atoms with Crippen LogP contribution in [0.1, 0.15) is 11.7 Å². The highest BCUT2D eigenvalue weighted by atomic mass is 19.1. The number of ether oxygens (including phenoxy) is 1. The van der Waals surface area contributed by atoms with Gasteiger partial charge in [-0.15, -0.1) is 0 Å². The van der Waals surface area contributed by atoms with Crippen LogP contribution in [0.25, 0.3) is 0 Å². The molecule has 1 aliphatic rings. The second kappa shape index (κ2) is 6.19. The fourth-order valence-corrected chi connectivity index (χ4v) is 1.87. The molecule has 2 rings (SSSR count). The van der Waals surface area contributed by atoms with Crippen LogP contribution in [0, 0.1) is 11.6 Å². The number of hydrazine groups is 1. The lowest BCUT2D eigenvalue weighted by molar-refractivity contribution is 0.00259. The van der Waals surface area contributed by atoms with Crippen LogP contribution in [0.4, 0.5) is 8.78 Å². The topological polar surface area (TPSA) is 44.7 Å². The normalized spacial score (nSPS) is 18.8. The minimum atomic E-state index is -1.21. The summed E-state index contributed by atoms with van der Waals surface area (Å²) in [5, 5.41) is 11.7. The van der Waals surface area contributed by atoms with E-state index in [1.807, 2.05) is 5.01 Å². The van der Waals surface area contributed by atoms with E-state index in [9.17, 15) is 13.9 Å². The average Bonchev–Trinajstić information content (AvgIpc) is 2.37. The zero-order chi connectivity index (χ0) is 13.0. The van der Waals surface area contributed by atoms with Gasteiger partial charge in [0.2, 0.25) is 0 Å². The van der Waals surface area contributed by atoms with E-state index in [2.05, 4.69) is 5.43 Å². The monoisotopic (exact) mass is 258 g/mol. The number of aliphatic hydroxyl groups excluding tert-OH is 1. The van der Waals surface area contributed by atoms with Gasteiger partial charge in [0.15, 0.2) is 0 Å². The summed E-state index contributed by atoms with van der Waals surface area (Å²) in [6, 6.07) is 3.54. The number of nitrogens with zero attached hydrogens (tertiary/aromatic N) is 1. The van der Waals surface area contributed by atoms with Crippen LogP contribution in [0.5, 0.6) is 0 Å². The first kappa shape index (κ1) is 13.4. The summed E-state index contributed by atoms with van der Waals surface area (Å²) in [6.45, 7) is 2.66. The third-order valence-electron chi connectivity index (χ3n) is 2.85. The SMILES string of the molecule is OC(CNN1CCOCC1)c1c(F)cccc1F. The molecule has 0 aromatic heterocycles. The Labute approximate surface area is 104 Å². The number of hydrogen-bond acceptors (Lipinski definition) is 4. The molecular formula is C12H16F2N2O2. The molecule has 0 aliphatic carbocycles. The van der Waals surface area contributed by atoms with Gasteiger partial charge in [0.1, 0.15) is 11.6 Å². The van der Waals surface area contributed by atoms with Crippen molar-refractivity contribution in [3.63, 3.8) is 0 Å². The van der Waals surface area contributed by atoms with Crippen LogP contribution in [-0.4, -0.2) is 43.0 Å². The number of nitrogens with one attached hydrogen (secondary N) is 1. The van der Waals surface area contributed by atoms with Crippen LogP contribution in [-0.2, 0) is 4.74 Å². The minimum Gasteiger partial charge on any atom is -0.387 e.